The second kappa shape index (κ2) is 8.71. The molecule has 1 N–H and O–H groups in total. The van der Waals surface area contributed by atoms with Gasteiger partial charge in [-0.15, -0.1) is 5.10 Å². The summed E-state index contributed by atoms with van der Waals surface area (Å²) in [6.45, 7) is 5.37. The highest BCUT2D eigenvalue weighted by Crippen LogP contribution is 2.30. The van der Waals surface area contributed by atoms with Gasteiger partial charge in [-0.1, -0.05) is 0 Å². The summed E-state index contributed by atoms with van der Waals surface area (Å²) < 4.78 is 12.5. The van der Waals surface area contributed by atoms with Crippen molar-refractivity contribution in [3.63, 3.8) is 0 Å². The molecule has 0 aliphatic carbocycles. The summed E-state index contributed by atoms with van der Waals surface area (Å²) in [5, 5.41) is 13.2. The van der Waals surface area contributed by atoms with E-state index in [1.54, 1.807) is 11.8 Å². The lowest BCUT2D eigenvalue weighted by Gasteiger charge is -2.26. The van der Waals surface area contributed by atoms with Crippen molar-refractivity contribution in [1.82, 2.24) is 30.1 Å². The van der Waals surface area contributed by atoms with E-state index in [0.29, 0.717) is 31.1 Å². The zero-order valence-electron chi connectivity index (χ0n) is 16.8. The molecule has 3 aromatic rings. The van der Waals surface area contributed by atoms with E-state index in [0.717, 1.165) is 42.6 Å². The molecule has 1 saturated heterocycles. The molecule has 1 aliphatic rings. The number of benzene rings is 1. The highest BCUT2D eigenvalue weighted by atomic mass is 16.5. The van der Waals surface area contributed by atoms with Crippen LogP contribution in [0.3, 0.4) is 0 Å². The normalized spacial score (nSPS) is 15.8. The SMILES string of the molecule is CCOc1ccc2[nH]c(=O)c([C@H](c3nnnn3CCOC)N3CCCC3)cc2c1. The number of fused-ring (bicyclic) bond motifs is 1. The maximum Gasteiger partial charge on any atom is 0.253 e. The van der Waals surface area contributed by atoms with Crippen molar-refractivity contribution in [2.75, 3.05) is 33.4 Å². The molecule has 1 fully saturated rings. The fourth-order valence-corrected chi connectivity index (χ4v) is 3.90. The van der Waals surface area contributed by atoms with Crippen LogP contribution in [-0.2, 0) is 11.3 Å². The van der Waals surface area contributed by atoms with Crippen LogP contribution < -0.4 is 10.3 Å². The van der Waals surface area contributed by atoms with Gasteiger partial charge in [0.1, 0.15) is 11.8 Å². The van der Waals surface area contributed by atoms with Crippen LogP contribution in [0.25, 0.3) is 10.9 Å². The van der Waals surface area contributed by atoms with Crippen molar-refractivity contribution < 1.29 is 9.47 Å². The van der Waals surface area contributed by atoms with Gasteiger partial charge in [0.15, 0.2) is 5.82 Å². The summed E-state index contributed by atoms with van der Waals surface area (Å²) in [4.78, 5) is 18.3. The molecule has 0 radical (unpaired) electrons. The van der Waals surface area contributed by atoms with E-state index < -0.39 is 0 Å². The molecule has 154 valence electrons. The first kappa shape index (κ1) is 19.5. The van der Waals surface area contributed by atoms with Crippen LogP contribution >= 0.6 is 0 Å². The van der Waals surface area contributed by atoms with Crippen LogP contribution in [0.2, 0.25) is 0 Å². The number of likely N-dealkylation sites (tertiary alicyclic amines) is 1. The van der Waals surface area contributed by atoms with E-state index in [-0.39, 0.29) is 11.6 Å². The van der Waals surface area contributed by atoms with Gasteiger partial charge in [0.2, 0.25) is 0 Å². The molecule has 1 atom stereocenters. The molecule has 29 heavy (non-hydrogen) atoms. The topological polar surface area (TPSA) is 98.2 Å². The molecule has 9 heteroatoms. The largest absolute Gasteiger partial charge is 0.494 e. The van der Waals surface area contributed by atoms with Crippen LogP contribution in [0.15, 0.2) is 29.1 Å². The van der Waals surface area contributed by atoms with E-state index in [1.807, 2.05) is 31.2 Å². The van der Waals surface area contributed by atoms with Gasteiger partial charge in [-0.25, -0.2) is 4.68 Å². The van der Waals surface area contributed by atoms with Gasteiger partial charge in [0, 0.05) is 23.6 Å². The third-order valence-corrected chi connectivity index (χ3v) is 5.27. The van der Waals surface area contributed by atoms with Crippen molar-refractivity contribution in [2.24, 2.45) is 0 Å². The Labute approximate surface area is 168 Å². The van der Waals surface area contributed by atoms with Crippen molar-refractivity contribution in [3.8, 4) is 5.75 Å². The Morgan fingerprint density at radius 2 is 2.07 bits per heavy atom. The monoisotopic (exact) mass is 398 g/mol. The second-order valence-corrected chi connectivity index (χ2v) is 7.13. The Balaban J connectivity index is 1.82. The molecule has 3 heterocycles. The molecule has 0 unspecified atom stereocenters. The molecule has 1 aliphatic heterocycles. The van der Waals surface area contributed by atoms with Crippen molar-refractivity contribution in [2.45, 2.75) is 32.4 Å². The number of hydrogen-bond acceptors (Lipinski definition) is 7. The molecule has 0 saturated carbocycles. The quantitative estimate of drug-likeness (QED) is 0.617. The van der Waals surface area contributed by atoms with E-state index >= 15 is 0 Å². The van der Waals surface area contributed by atoms with Crippen LogP contribution in [0.4, 0.5) is 0 Å². The van der Waals surface area contributed by atoms with Gasteiger partial charge in [0.25, 0.3) is 5.56 Å². The van der Waals surface area contributed by atoms with E-state index in [2.05, 4.69) is 25.4 Å². The summed E-state index contributed by atoms with van der Waals surface area (Å²) in [5.74, 6) is 1.44. The molecule has 0 spiro atoms. The first-order chi connectivity index (χ1) is 14.2. The Morgan fingerprint density at radius 1 is 1.24 bits per heavy atom. The highest BCUT2D eigenvalue weighted by molar-refractivity contribution is 5.80. The highest BCUT2D eigenvalue weighted by Gasteiger charge is 2.31. The summed E-state index contributed by atoms with van der Waals surface area (Å²) >= 11 is 0. The Kier molecular flexibility index (Phi) is 5.86. The predicted octanol–water partition coefficient (Wildman–Crippen LogP) is 1.74. The van der Waals surface area contributed by atoms with Gasteiger partial charge in [-0.05, 0) is 67.5 Å². The lowest BCUT2D eigenvalue weighted by molar-refractivity contribution is 0.178. The Hall–Kier alpha value is -2.78. The number of methoxy groups -OCH3 is 1. The lowest BCUT2D eigenvalue weighted by atomic mass is 10.0. The maximum atomic E-state index is 13.0. The number of rotatable bonds is 8. The van der Waals surface area contributed by atoms with Gasteiger partial charge < -0.3 is 14.5 Å². The fourth-order valence-electron chi connectivity index (χ4n) is 3.90. The first-order valence-electron chi connectivity index (χ1n) is 10.00. The molecule has 2 aromatic heterocycles. The molecule has 0 bridgehead atoms. The zero-order valence-corrected chi connectivity index (χ0v) is 16.8. The van der Waals surface area contributed by atoms with Crippen LogP contribution in [0.1, 0.15) is 37.2 Å². The average molecular weight is 398 g/mol. The molecule has 4 rings (SSSR count). The van der Waals surface area contributed by atoms with E-state index in [9.17, 15) is 4.79 Å². The number of nitrogens with one attached hydrogen (secondary N) is 1. The van der Waals surface area contributed by atoms with Gasteiger partial charge in [-0.3, -0.25) is 9.69 Å². The standard InChI is InChI=1S/C20H26N6O3/c1-3-29-15-6-7-17-14(12-15)13-16(20(27)21-17)18(25-8-4-5-9-25)19-22-23-24-26(19)10-11-28-2/h6-7,12-13,18H,3-5,8-11H2,1-2H3,(H,21,27)/t18-/m1/s1. The third-order valence-electron chi connectivity index (χ3n) is 5.27. The van der Waals surface area contributed by atoms with Crippen LogP contribution in [0, 0.1) is 0 Å². The van der Waals surface area contributed by atoms with Crippen molar-refractivity contribution in [1.29, 1.82) is 0 Å². The summed E-state index contributed by atoms with van der Waals surface area (Å²) in [6.07, 6.45) is 2.19. The number of pyridine rings is 1. The van der Waals surface area contributed by atoms with E-state index in [4.69, 9.17) is 9.47 Å². The summed E-state index contributed by atoms with van der Waals surface area (Å²) in [6, 6.07) is 7.32. The maximum absolute atomic E-state index is 13.0. The van der Waals surface area contributed by atoms with Gasteiger partial charge >= 0.3 is 0 Å². The van der Waals surface area contributed by atoms with E-state index in [1.165, 1.54) is 0 Å². The van der Waals surface area contributed by atoms with Crippen LogP contribution in [-0.4, -0.2) is 63.5 Å². The molecular formula is C20H26N6O3. The first-order valence-corrected chi connectivity index (χ1v) is 10.00. The minimum absolute atomic E-state index is 0.125. The number of nitrogens with zero attached hydrogens (tertiary/aromatic N) is 5. The van der Waals surface area contributed by atoms with Crippen molar-refractivity contribution >= 4 is 10.9 Å². The van der Waals surface area contributed by atoms with Crippen molar-refractivity contribution in [3.05, 3.63) is 46.0 Å². The number of aromatic nitrogens is 5. The predicted molar refractivity (Wildman–Crippen MR) is 108 cm³/mol. The summed E-state index contributed by atoms with van der Waals surface area (Å²) in [5.41, 5.74) is 1.29. The molecular weight excluding hydrogens is 372 g/mol. The number of H-pyrrole nitrogens is 1. The fraction of sp³-hybridized carbons (Fsp3) is 0.500. The molecule has 0 amide bonds. The molecule has 9 nitrogen and oxygen atoms in total. The third kappa shape index (κ3) is 4.01. The number of tetrazole rings is 1. The number of ether oxygens (including phenoxy) is 2. The number of aromatic amines is 1. The molecule has 1 aromatic carbocycles. The smallest absolute Gasteiger partial charge is 0.253 e. The minimum Gasteiger partial charge on any atom is -0.494 e. The van der Waals surface area contributed by atoms with Crippen LogP contribution in [0.5, 0.6) is 5.75 Å². The lowest BCUT2D eigenvalue weighted by Crippen LogP contribution is -2.33. The zero-order chi connectivity index (χ0) is 20.2. The number of hydrogen-bond donors (Lipinski definition) is 1. The second-order valence-electron chi connectivity index (χ2n) is 7.13. The summed E-state index contributed by atoms with van der Waals surface area (Å²) in [7, 11) is 1.64. The Bertz CT molecular complexity index is 1020. The average Bonchev–Trinajstić information content (AvgIpc) is 3.40. The van der Waals surface area contributed by atoms with Gasteiger partial charge in [-0.2, -0.15) is 0 Å². The van der Waals surface area contributed by atoms with Gasteiger partial charge in [0.05, 0.1) is 19.8 Å². The minimum atomic E-state index is -0.312. The Morgan fingerprint density at radius 3 is 2.83 bits per heavy atom.